The summed E-state index contributed by atoms with van der Waals surface area (Å²) in [6, 6.07) is 11.7. The quantitative estimate of drug-likeness (QED) is 0.793. The summed E-state index contributed by atoms with van der Waals surface area (Å²) in [5.74, 6) is 0. The van der Waals surface area contributed by atoms with Crippen molar-refractivity contribution < 1.29 is 0 Å². The average molecular weight is 345 g/mol. The lowest BCUT2D eigenvalue weighted by atomic mass is 9.89. The highest BCUT2D eigenvalue weighted by atomic mass is 32.1. The van der Waals surface area contributed by atoms with Gasteiger partial charge >= 0.3 is 0 Å². The average Bonchev–Trinajstić information content (AvgIpc) is 3.05. The van der Waals surface area contributed by atoms with Gasteiger partial charge in [0.2, 0.25) is 0 Å². The zero-order valence-electron chi connectivity index (χ0n) is 13.8. The second-order valence-corrected chi connectivity index (χ2v) is 7.84. The maximum Gasteiger partial charge on any atom is 0.167 e. The third-order valence-electron chi connectivity index (χ3n) is 4.23. The Hall–Kier alpha value is -1.39. The lowest BCUT2D eigenvalue weighted by molar-refractivity contribution is 0.673. The van der Waals surface area contributed by atoms with Crippen LogP contribution < -0.4 is 10.6 Å². The molecule has 0 amide bonds. The van der Waals surface area contributed by atoms with Crippen LogP contribution >= 0.6 is 23.6 Å². The van der Waals surface area contributed by atoms with Gasteiger partial charge in [0.15, 0.2) is 5.11 Å². The molecule has 0 bridgehead atoms. The van der Waals surface area contributed by atoms with E-state index in [0.29, 0.717) is 6.04 Å². The molecule has 1 aliphatic carbocycles. The van der Waals surface area contributed by atoms with Gasteiger partial charge in [0.25, 0.3) is 0 Å². The van der Waals surface area contributed by atoms with Crippen molar-refractivity contribution in [2.24, 2.45) is 0 Å². The van der Waals surface area contributed by atoms with Gasteiger partial charge in [0, 0.05) is 10.9 Å². The predicted molar refractivity (Wildman–Crippen MR) is 103 cm³/mol. The molecule has 1 aromatic carbocycles. The Kier molecular flexibility index (Phi) is 5.34. The first-order valence-electron chi connectivity index (χ1n) is 8.35. The van der Waals surface area contributed by atoms with Gasteiger partial charge in [-0.15, -0.1) is 11.3 Å². The summed E-state index contributed by atoms with van der Waals surface area (Å²) in [6.07, 6.45) is 5.05. The fourth-order valence-electron chi connectivity index (χ4n) is 3.14. The van der Waals surface area contributed by atoms with E-state index in [-0.39, 0.29) is 6.04 Å². The Balaban J connectivity index is 1.87. The Labute approximate surface area is 148 Å². The summed E-state index contributed by atoms with van der Waals surface area (Å²) in [6.45, 7) is 4.21. The molecule has 0 unspecified atom stereocenters. The lowest BCUT2D eigenvalue weighted by Crippen LogP contribution is -2.41. The number of aryl methyl sites for hydroxylation is 2. The molecule has 2 N–H and O–H groups in total. The molecule has 0 aliphatic heterocycles. The summed E-state index contributed by atoms with van der Waals surface area (Å²) in [5.41, 5.74) is 4.34. The zero-order chi connectivity index (χ0) is 16.2. The standard InChI is InChI=1S/C19H24N2S2/c1-13(2)20-19(22)21-18(17-8-5-11-23-17)16-10-9-14-6-3-4-7-15(14)12-16/h5,8-13,18H,3-4,6-7H2,1-2H3,(H2,20,21,22)/t18-/m1/s1. The van der Waals surface area contributed by atoms with Gasteiger partial charge in [0.1, 0.15) is 0 Å². The van der Waals surface area contributed by atoms with Gasteiger partial charge in [-0.25, -0.2) is 0 Å². The Morgan fingerprint density at radius 1 is 1.09 bits per heavy atom. The maximum absolute atomic E-state index is 5.48. The third-order valence-corrected chi connectivity index (χ3v) is 5.40. The second kappa shape index (κ2) is 7.45. The topological polar surface area (TPSA) is 24.1 Å². The predicted octanol–water partition coefficient (Wildman–Crippen LogP) is 4.59. The van der Waals surface area contributed by atoms with Crippen LogP contribution in [0.2, 0.25) is 0 Å². The van der Waals surface area contributed by atoms with Crippen LogP contribution in [-0.4, -0.2) is 11.2 Å². The van der Waals surface area contributed by atoms with Gasteiger partial charge in [-0.1, -0.05) is 24.3 Å². The summed E-state index contributed by atoms with van der Waals surface area (Å²) < 4.78 is 0. The number of hydrogen-bond acceptors (Lipinski definition) is 2. The Morgan fingerprint density at radius 2 is 1.87 bits per heavy atom. The van der Waals surface area contributed by atoms with Gasteiger partial charge in [0.05, 0.1) is 6.04 Å². The van der Waals surface area contributed by atoms with Crippen molar-refractivity contribution in [3.63, 3.8) is 0 Å². The molecule has 2 nitrogen and oxygen atoms in total. The van der Waals surface area contributed by atoms with Crippen molar-refractivity contribution in [2.45, 2.75) is 51.6 Å². The van der Waals surface area contributed by atoms with Crippen LogP contribution in [0.4, 0.5) is 0 Å². The molecule has 1 atom stereocenters. The minimum atomic E-state index is 0.126. The molecule has 1 heterocycles. The van der Waals surface area contributed by atoms with E-state index in [4.69, 9.17) is 12.2 Å². The second-order valence-electron chi connectivity index (χ2n) is 6.46. The number of hydrogen-bond donors (Lipinski definition) is 2. The van der Waals surface area contributed by atoms with E-state index in [0.717, 1.165) is 5.11 Å². The molecule has 0 radical (unpaired) electrons. The molecule has 3 rings (SSSR count). The summed E-state index contributed by atoms with van der Waals surface area (Å²) >= 11 is 7.26. The third kappa shape index (κ3) is 4.12. The molecule has 0 saturated heterocycles. The van der Waals surface area contributed by atoms with Gasteiger partial charge in [-0.2, -0.15) is 0 Å². The van der Waals surface area contributed by atoms with E-state index < -0.39 is 0 Å². The molecule has 0 fully saturated rings. The van der Waals surface area contributed by atoms with Crippen molar-refractivity contribution in [2.75, 3.05) is 0 Å². The minimum Gasteiger partial charge on any atom is -0.361 e. The highest BCUT2D eigenvalue weighted by Gasteiger charge is 2.19. The van der Waals surface area contributed by atoms with E-state index in [1.165, 1.54) is 47.3 Å². The van der Waals surface area contributed by atoms with Crippen LogP contribution in [0.15, 0.2) is 35.7 Å². The van der Waals surface area contributed by atoms with E-state index in [9.17, 15) is 0 Å². The van der Waals surface area contributed by atoms with Crippen molar-refractivity contribution in [3.05, 3.63) is 57.3 Å². The SMILES string of the molecule is CC(C)NC(=S)N[C@H](c1ccc2c(c1)CCCC2)c1cccs1. The van der Waals surface area contributed by atoms with E-state index >= 15 is 0 Å². The fraction of sp³-hybridized carbons (Fsp3) is 0.421. The molecular formula is C19H24N2S2. The zero-order valence-corrected chi connectivity index (χ0v) is 15.4. The molecule has 1 aromatic heterocycles. The number of thiophene rings is 1. The van der Waals surface area contributed by atoms with Gasteiger partial charge < -0.3 is 10.6 Å². The van der Waals surface area contributed by atoms with Crippen molar-refractivity contribution in [1.82, 2.24) is 10.6 Å². The first-order chi connectivity index (χ1) is 11.1. The first kappa shape index (κ1) is 16.5. The van der Waals surface area contributed by atoms with E-state index in [2.05, 4.69) is 60.2 Å². The van der Waals surface area contributed by atoms with E-state index in [1.807, 2.05) is 0 Å². The minimum absolute atomic E-state index is 0.126. The van der Waals surface area contributed by atoms with Gasteiger partial charge in [-0.05, 0) is 79.9 Å². The molecular weight excluding hydrogens is 320 g/mol. The number of rotatable bonds is 4. The normalized spacial score (nSPS) is 15.1. The van der Waals surface area contributed by atoms with Crippen LogP contribution in [0.25, 0.3) is 0 Å². The van der Waals surface area contributed by atoms with Crippen molar-refractivity contribution in [1.29, 1.82) is 0 Å². The summed E-state index contributed by atoms with van der Waals surface area (Å²) in [4.78, 5) is 1.30. The molecule has 0 spiro atoms. The number of fused-ring (bicyclic) bond motifs is 1. The fourth-order valence-corrected chi connectivity index (χ4v) is 4.30. The lowest BCUT2D eigenvalue weighted by Gasteiger charge is -2.24. The van der Waals surface area contributed by atoms with Crippen molar-refractivity contribution in [3.8, 4) is 0 Å². The Bertz CT molecular complexity index is 662. The number of nitrogens with one attached hydrogen (secondary N) is 2. The Morgan fingerprint density at radius 3 is 2.57 bits per heavy atom. The van der Waals surface area contributed by atoms with Crippen LogP contribution in [0.3, 0.4) is 0 Å². The van der Waals surface area contributed by atoms with Crippen LogP contribution in [0.5, 0.6) is 0 Å². The molecule has 122 valence electrons. The highest BCUT2D eigenvalue weighted by Crippen LogP contribution is 2.30. The van der Waals surface area contributed by atoms with Gasteiger partial charge in [-0.3, -0.25) is 0 Å². The highest BCUT2D eigenvalue weighted by molar-refractivity contribution is 7.80. The molecule has 2 aromatic rings. The molecule has 4 heteroatoms. The maximum atomic E-state index is 5.48. The van der Waals surface area contributed by atoms with Crippen LogP contribution in [-0.2, 0) is 12.8 Å². The number of benzene rings is 1. The summed E-state index contributed by atoms with van der Waals surface area (Å²) in [7, 11) is 0. The van der Waals surface area contributed by atoms with E-state index in [1.54, 1.807) is 11.3 Å². The molecule has 23 heavy (non-hydrogen) atoms. The number of thiocarbonyl (C=S) groups is 1. The van der Waals surface area contributed by atoms with Crippen molar-refractivity contribution >= 4 is 28.7 Å². The smallest absolute Gasteiger partial charge is 0.167 e. The monoisotopic (exact) mass is 344 g/mol. The van der Waals surface area contributed by atoms with Crippen LogP contribution in [0.1, 0.15) is 54.3 Å². The van der Waals surface area contributed by atoms with Crippen LogP contribution in [0, 0.1) is 0 Å². The molecule has 0 saturated carbocycles. The summed E-state index contributed by atoms with van der Waals surface area (Å²) in [5, 5.41) is 9.64. The molecule has 1 aliphatic rings. The first-order valence-corrected chi connectivity index (χ1v) is 9.64. The largest absolute Gasteiger partial charge is 0.361 e.